The van der Waals surface area contributed by atoms with Crippen LogP contribution >= 0.6 is 0 Å². The van der Waals surface area contributed by atoms with Crippen molar-refractivity contribution in [2.24, 2.45) is 0 Å². The number of likely N-dealkylation sites (tertiary alicyclic amines) is 1. The van der Waals surface area contributed by atoms with Gasteiger partial charge in [-0.1, -0.05) is 38.1 Å². The minimum Gasteiger partial charge on any atom is -0.339 e. The minimum absolute atomic E-state index is 0.142. The Labute approximate surface area is 159 Å². The van der Waals surface area contributed by atoms with Gasteiger partial charge in [0.25, 0.3) is 0 Å². The molecule has 146 valence electrons. The molecule has 0 radical (unpaired) electrons. The summed E-state index contributed by atoms with van der Waals surface area (Å²) in [5, 5.41) is 4.02. The van der Waals surface area contributed by atoms with E-state index < -0.39 is 0 Å². The van der Waals surface area contributed by atoms with Gasteiger partial charge >= 0.3 is 0 Å². The number of benzene rings is 1. The first-order chi connectivity index (χ1) is 12.8. The van der Waals surface area contributed by atoms with Gasteiger partial charge in [0.2, 0.25) is 11.8 Å². The molecular formula is C21H28FN3O2. The van der Waals surface area contributed by atoms with Gasteiger partial charge in [-0.3, -0.25) is 4.79 Å². The summed E-state index contributed by atoms with van der Waals surface area (Å²) in [6, 6.07) is 6.82. The second-order valence-corrected chi connectivity index (χ2v) is 8.33. The average molecular weight is 373 g/mol. The van der Waals surface area contributed by atoms with E-state index in [2.05, 4.69) is 10.1 Å². The highest BCUT2D eigenvalue weighted by Gasteiger charge is 2.28. The molecule has 1 aliphatic heterocycles. The highest BCUT2D eigenvalue weighted by Crippen LogP contribution is 2.23. The molecule has 1 saturated heterocycles. The Bertz CT molecular complexity index is 782. The lowest BCUT2D eigenvalue weighted by molar-refractivity contribution is -0.132. The molecule has 3 rings (SSSR count). The number of hydrogen-bond donors (Lipinski definition) is 0. The van der Waals surface area contributed by atoms with E-state index in [-0.39, 0.29) is 23.2 Å². The summed E-state index contributed by atoms with van der Waals surface area (Å²) < 4.78 is 18.7. The first-order valence-electron chi connectivity index (χ1n) is 9.70. The Balaban J connectivity index is 1.50. The predicted octanol–water partition coefficient (Wildman–Crippen LogP) is 4.06. The lowest BCUT2D eigenvalue weighted by atomic mass is 9.96. The van der Waals surface area contributed by atoms with Crippen LogP contribution < -0.4 is 0 Å². The number of rotatable bonds is 6. The van der Waals surface area contributed by atoms with Gasteiger partial charge in [0, 0.05) is 30.8 Å². The minimum atomic E-state index is -0.224. The predicted molar refractivity (Wildman–Crippen MR) is 101 cm³/mol. The molecule has 1 aromatic heterocycles. The van der Waals surface area contributed by atoms with Crippen LogP contribution in [0, 0.1) is 5.82 Å². The Hall–Kier alpha value is -2.24. The molecule has 0 aliphatic carbocycles. The molecule has 0 saturated carbocycles. The molecule has 6 heteroatoms. The summed E-state index contributed by atoms with van der Waals surface area (Å²) >= 11 is 0. The molecule has 2 aromatic rings. The van der Waals surface area contributed by atoms with Crippen molar-refractivity contribution in [1.29, 1.82) is 0 Å². The largest absolute Gasteiger partial charge is 0.339 e. The quantitative estimate of drug-likeness (QED) is 0.766. The summed E-state index contributed by atoms with van der Waals surface area (Å²) in [4.78, 5) is 19.0. The molecular weight excluding hydrogens is 345 g/mol. The van der Waals surface area contributed by atoms with E-state index in [1.54, 1.807) is 12.1 Å². The van der Waals surface area contributed by atoms with Crippen molar-refractivity contribution < 1.29 is 13.7 Å². The van der Waals surface area contributed by atoms with E-state index in [9.17, 15) is 9.18 Å². The first kappa shape index (κ1) is 19.5. The third kappa shape index (κ3) is 5.15. The summed E-state index contributed by atoms with van der Waals surface area (Å²) in [5.74, 6) is 1.21. The van der Waals surface area contributed by atoms with Crippen molar-refractivity contribution in [3.63, 3.8) is 0 Å². The molecule has 1 fully saturated rings. The number of nitrogens with zero attached hydrogens (tertiary/aromatic N) is 3. The number of carbonyl (C=O) groups is 1. The van der Waals surface area contributed by atoms with E-state index in [1.807, 2.05) is 31.7 Å². The van der Waals surface area contributed by atoms with Crippen LogP contribution in [0.15, 0.2) is 28.8 Å². The van der Waals surface area contributed by atoms with E-state index in [0.29, 0.717) is 37.4 Å². The fourth-order valence-corrected chi connectivity index (χ4v) is 3.51. The van der Waals surface area contributed by atoms with Crippen molar-refractivity contribution in [2.75, 3.05) is 6.54 Å². The van der Waals surface area contributed by atoms with Crippen LogP contribution in [-0.4, -0.2) is 33.5 Å². The van der Waals surface area contributed by atoms with E-state index in [4.69, 9.17) is 4.52 Å². The molecule has 5 nitrogen and oxygen atoms in total. The average Bonchev–Trinajstić information content (AvgIpc) is 3.24. The fraction of sp³-hybridized carbons (Fsp3) is 0.571. The molecule has 1 amide bonds. The van der Waals surface area contributed by atoms with Gasteiger partial charge in [-0.2, -0.15) is 4.98 Å². The number of aryl methyl sites for hydroxylation is 1. The van der Waals surface area contributed by atoms with Crippen LogP contribution in [-0.2, 0) is 23.1 Å². The summed E-state index contributed by atoms with van der Waals surface area (Å²) in [6.07, 6.45) is 4.45. The van der Waals surface area contributed by atoms with Gasteiger partial charge in [-0.25, -0.2) is 4.39 Å². The zero-order chi connectivity index (χ0) is 19.4. The molecule has 27 heavy (non-hydrogen) atoms. The van der Waals surface area contributed by atoms with Gasteiger partial charge in [-0.05, 0) is 43.4 Å². The van der Waals surface area contributed by atoms with Crippen LogP contribution in [0.3, 0.4) is 0 Å². The van der Waals surface area contributed by atoms with Gasteiger partial charge in [-0.15, -0.1) is 0 Å². The van der Waals surface area contributed by atoms with Gasteiger partial charge in [0.05, 0.1) is 0 Å². The lowest BCUT2D eigenvalue weighted by Crippen LogP contribution is -2.36. The maximum Gasteiger partial charge on any atom is 0.226 e. The van der Waals surface area contributed by atoms with Gasteiger partial charge in [0.15, 0.2) is 5.82 Å². The van der Waals surface area contributed by atoms with Crippen molar-refractivity contribution in [1.82, 2.24) is 15.0 Å². The number of halogens is 1. The third-order valence-corrected chi connectivity index (χ3v) is 4.98. The second-order valence-electron chi connectivity index (χ2n) is 8.33. The van der Waals surface area contributed by atoms with Crippen LogP contribution in [0.4, 0.5) is 4.39 Å². The SMILES string of the molecule is CC(C)(C)c1noc(CCCC(=O)N2CCCC2Cc2cccc(F)c2)n1. The molecule has 0 N–H and O–H groups in total. The summed E-state index contributed by atoms with van der Waals surface area (Å²) in [6.45, 7) is 6.90. The van der Waals surface area contributed by atoms with Crippen LogP contribution in [0.25, 0.3) is 0 Å². The van der Waals surface area contributed by atoms with E-state index in [0.717, 1.165) is 24.9 Å². The zero-order valence-corrected chi connectivity index (χ0v) is 16.4. The molecule has 1 atom stereocenters. The highest BCUT2D eigenvalue weighted by molar-refractivity contribution is 5.76. The Morgan fingerprint density at radius 2 is 2.19 bits per heavy atom. The highest BCUT2D eigenvalue weighted by atomic mass is 19.1. The lowest BCUT2D eigenvalue weighted by Gasteiger charge is -2.25. The molecule has 0 bridgehead atoms. The van der Waals surface area contributed by atoms with Crippen LogP contribution in [0.2, 0.25) is 0 Å². The monoisotopic (exact) mass is 373 g/mol. The maximum absolute atomic E-state index is 13.4. The molecule has 2 heterocycles. The normalized spacial score (nSPS) is 17.5. The molecule has 0 spiro atoms. The van der Waals surface area contributed by atoms with Crippen LogP contribution in [0.1, 0.15) is 63.7 Å². The molecule has 1 aliphatic rings. The standard InChI is InChI=1S/C21H28FN3O2/c1-21(2,3)20-23-18(27-24-20)10-5-11-19(26)25-12-6-9-17(25)14-15-7-4-8-16(22)13-15/h4,7-8,13,17H,5-6,9-12,14H2,1-3H3. The number of aromatic nitrogens is 2. The third-order valence-electron chi connectivity index (χ3n) is 4.98. The number of amides is 1. The Morgan fingerprint density at radius 1 is 1.37 bits per heavy atom. The fourth-order valence-electron chi connectivity index (χ4n) is 3.51. The maximum atomic E-state index is 13.4. The first-order valence-corrected chi connectivity index (χ1v) is 9.70. The van der Waals surface area contributed by atoms with Gasteiger partial charge in [0.1, 0.15) is 5.82 Å². The smallest absolute Gasteiger partial charge is 0.226 e. The Morgan fingerprint density at radius 3 is 2.89 bits per heavy atom. The van der Waals surface area contributed by atoms with Crippen molar-refractivity contribution in [2.45, 2.75) is 70.8 Å². The molecule has 1 aromatic carbocycles. The van der Waals surface area contributed by atoms with E-state index in [1.165, 1.54) is 6.07 Å². The number of carbonyl (C=O) groups excluding carboxylic acids is 1. The number of hydrogen-bond acceptors (Lipinski definition) is 4. The van der Waals surface area contributed by atoms with Crippen LogP contribution in [0.5, 0.6) is 0 Å². The van der Waals surface area contributed by atoms with Crippen molar-refractivity contribution in [3.8, 4) is 0 Å². The van der Waals surface area contributed by atoms with Crippen molar-refractivity contribution >= 4 is 5.91 Å². The summed E-state index contributed by atoms with van der Waals surface area (Å²) in [5.41, 5.74) is 0.803. The second kappa shape index (κ2) is 8.19. The Kier molecular flexibility index (Phi) is 5.92. The molecule has 1 unspecified atom stereocenters. The zero-order valence-electron chi connectivity index (χ0n) is 16.4. The van der Waals surface area contributed by atoms with E-state index >= 15 is 0 Å². The topological polar surface area (TPSA) is 59.2 Å². The van der Waals surface area contributed by atoms with Gasteiger partial charge < -0.3 is 9.42 Å². The van der Waals surface area contributed by atoms with Crippen molar-refractivity contribution in [3.05, 3.63) is 47.4 Å². The summed E-state index contributed by atoms with van der Waals surface area (Å²) in [7, 11) is 0.